The second-order valence-corrected chi connectivity index (χ2v) is 9.64. The zero-order valence-corrected chi connectivity index (χ0v) is 19.8. The Kier molecular flexibility index (Phi) is 6.16. The molecule has 6 nitrogen and oxygen atoms in total. The third-order valence-corrected chi connectivity index (χ3v) is 7.86. The molecule has 3 aliphatic heterocycles. The van der Waals surface area contributed by atoms with Crippen molar-refractivity contribution in [1.29, 1.82) is 0 Å². The number of benzene rings is 2. The van der Waals surface area contributed by atoms with Crippen molar-refractivity contribution in [1.82, 2.24) is 10.2 Å². The van der Waals surface area contributed by atoms with E-state index in [9.17, 15) is 4.79 Å². The third-order valence-electron chi connectivity index (χ3n) is 7.86. The molecule has 176 valence electrons. The fourth-order valence-electron chi connectivity index (χ4n) is 5.97. The molecular formula is C27H34N2O4. The van der Waals surface area contributed by atoms with E-state index in [2.05, 4.69) is 48.5 Å². The molecule has 4 atom stereocenters. The van der Waals surface area contributed by atoms with Gasteiger partial charge in [0.25, 0.3) is 0 Å². The van der Waals surface area contributed by atoms with Crippen LogP contribution in [0.15, 0.2) is 48.5 Å². The van der Waals surface area contributed by atoms with Crippen molar-refractivity contribution in [3.63, 3.8) is 0 Å². The van der Waals surface area contributed by atoms with Crippen LogP contribution in [0.2, 0.25) is 0 Å². The van der Waals surface area contributed by atoms with Crippen molar-refractivity contribution in [3.8, 4) is 5.75 Å². The van der Waals surface area contributed by atoms with E-state index in [0.29, 0.717) is 19.3 Å². The van der Waals surface area contributed by atoms with E-state index < -0.39 is 5.79 Å². The first-order valence-electron chi connectivity index (χ1n) is 12.0. The van der Waals surface area contributed by atoms with E-state index in [1.807, 2.05) is 24.3 Å². The minimum absolute atomic E-state index is 0.0877. The standard InChI is InChI=1S/C27H34N2O4/c1-18-4-6-19(7-5-18)23-16-21-10-13-24(29(21)2)25(23)26(30)28-17-27(32-14-15-33-27)20-8-11-22(31-3)12-9-20/h4-9,11-12,21,23-25H,10,13-17H2,1-3H3,(H,28,30)/t21-,23+,24+,25-/m0/s1. The van der Waals surface area contributed by atoms with Gasteiger partial charge in [-0.05, 0) is 69.0 Å². The molecule has 1 amide bonds. The summed E-state index contributed by atoms with van der Waals surface area (Å²) in [6.45, 7) is 3.40. The van der Waals surface area contributed by atoms with E-state index >= 15 is 0 Å². The second kappa shape index (κ2) is 9.09. The Bertz CT molecular complexity index is 969. The predicted octanol–water partition coefficient (Wildman–Crippen LogP) is 3.59. The molecule has 5 rings (SSSR count). The molecule has 3 heterocycles. The maximum Gasteiger partial charge on any atom is 0.225 e. The van der Waals surface area contributed by atoms with Crippen LogP contribution in [0, 0.1) is 12.8 Å². The molecule has 0 unspecified atom stereocenters. The van der Waals surface area contributed by atoms with Gasteiger partial charge in [-0.2, -0.15) is 0 Å². The predicted molar refractivity (Wildman–Crippen MR) is 126 cm³/mol. The minimum Gasteiger partial charge on any atom is -0.497 e. The summed E-state index contributed by atoms with van der Waals surface area (Å²) < 4.78 is 17.4. The van der Waals surface area contributed by atoms with E-state index in [1.165, 1.54) is 11.1 Å². The number of fused-ring (bicyclic) bond motifs is 2. The summed E-state index contributed by atoms with van der Waals surface area (Å²) in [6, 6.07) is 17.2. The zero-order valence-electron chi connectivity index (χ0n) is 19.8. The Morgan fingerprint density at radius 3 is 2.45 bits per heavy atom. The number of hydrogen-bond acceptors (Lipinski definition) is 5. The fraction of sp³-hybridized carbons (Fsp3) is 0.519. The van der Waals surface area contributed by atoms with Gasteiger partial charge in [-0.1, -0.05) is 29.8 Å². The number of piperidine rings is 1. The van der Waals surface area contributed by atoms with Crippen LogP contribution < -0.4 is 10.1 Å². The summed E-state index contributed by atoms with van der Waals surface area (Å²) in [6.07, 6.45) is 3.25. The lowest BCUT2D eigenvalue weighted by atomic mass is 9.75. The van der Waals surface area contributed by atoms with E-state index in [4.69, 9.17) is 14.2 Å². The van der Waals surface area contributed by atoms with Crippen LogP contribution in [0.3, 0.4) is 0 Å². The first-order valence-corrected chi connectivity index (χ1v) is 12.0. The molecular weight excluding hydrogens is 416 g/mol. The number of hydrogen-bond donors (Lipinski definition) is 1. The number of carbonyl (C=O) groups is 1. The zero-order chi connectivity index (χ0) is 23.0. The lowest BCUT2D eigenvalue weighted by Gasteiger charge is -2.42. The average molecular weight is 451 g/mol. The Morgan fingerprint density at radius 2 is 1.79 bits per heavy atom. The summed E-state index contributed by atoms with van der Waals surface area (Å²) in [4.78, 5) is 16.2. The van der Waals surface area contributed by atoms with Gasteiger partial charge in [0.05, 0.1) is 32.8 Å². The smallest absolute Gasteiger partial charge is 0.225 e. The van der Waals surface area contributed by atoms with Crippen LogP contribution in [0.4, 0.5) is 0 Å². The molecule has 1 N–H and O–H groups in total. The first kappa shape index (κ1) is 22.4. The SMILES string of the molecule is COc1ccc(C2(CNC(=O)[C@H]3[C@@H](c4ccc(C)cc4)C[C@@H]4CC[C@H]3N4C)OCCO2)cc1. The van der Waals surface area contributed by atoms with Crippen molar-refractivity contribution in [2.75, 3.05) is 33.9 Å². The maximum absolute atomic E-state index is 13.7. The molecule has 2 bridgehead atoms. The van der Waals surface area contributed by atoms with Crippen molar-refractivity contribution < 1.29 is 19.0 Å². The molecule has 6 heteroatoms. The summed E-state index contributed by atoms with van der Waals surface area (Å²) in [5.41, 5.74) is 3.40. The van der Waals surface area contributed by atoms with Gasteiger partial charge in [-0.15, -0.1) is 0 Å². The Hall–Kier alpha value is -2.41. The number of nitrogens with one attached hydrogen (secondary N) is 1. The number of nitrogens with zero attached hydrogens (tertiary/aromatic N) is 1. The number of carbonyl (C=O) groups excluding carboxylic acids is 1. The molecule has 2 aromatic rings. The molecule has 2 aromatic carbocycles. The van der Waals surface area contributed by atoms with Crippen molar-refractivity contribution in [2.24, 2.45) is 5.92 Å². The van der Waals surface area contributed by atoms with Crippen LogP contribution in [-0.2, 0) is 20.1 Å². The van der Waals surface area contributed by atoms with Gasteiger partial charge in [0.2, 0.25) is 11.7 Å². The number of methoxy groups -OCH3 is 1. The van der Waals surface area contributed by atoms with Gasteiger partial charge in [0.15, 0.2) is 0 Å². The minimum atomic E-state index is -0.958. The highest BCUT2D eigenvalue weighted by Gasteiger charge is 2.49. The van der Waals surface area contributed by atoms with Gasteiger partial charge in [-0.25, -0.2) is 0 Å². The quantitative estimate of drug-likeness (QED) is 0.729. The lowest BCUT2D eigenvalue weighted by molar-refractivity contribution is -0.166. The fourth-order valence-corrected chi connectivity index (χ4v) is 5.97. The summed E-state index contributed by atoms with van der Waals surface area (Å²) in [5, 5.41) is 3.23. The Labute approximate surface area is 196 Å². The maximum atomic E-state index is 13.7. The number of amides is 1. The van der Waals surface area contributed by atoms with E-state index in [-0.39, 0.29) is 30.3 Å². The van der Waals surface area contributed by atoms with Gasteiger partial charge in [0, 0.05) is 17.6 Å². The number of rotatable bonds is 6. The lowest BCUT2D eigenvalue weighted by Crippen LogP contribution is -2.53. The van der Waals surface area contributed by atoms with Crippen LogP contribution in [0.5, 0.6) is 5.75 Å². The van der Waals surface area contributed by atoms with E-state index in [0.717, 1.165) is 30.6 Å². The van der Waals surface area contributed by atoms with Crippen LogP contribution >= 0.6 is 0 Å². The van der Waals surface area contributed by atoms with Gasteiger partial charge in [0.1, 0.15) is 5.75 Å². The number of aryl methyl sites for hydroxylation is 1. The summed E-state index contributed by atoms with van der Waals surface area (Å²) in [7, 11) is 3.82. The molecule has 0 spiro atoms. The highest BCUT2D eigenvalue weighted by Crippen LogP contribution is 2.46. The number of ether oxygens (including phenoxy) is 3. The molecule has 0 saturated carbocycles. The first-order chi connectivity index (χ1) is 16.0. The molecule has 3 fully saturated rings. The van der Waals surface area contributed by atoms with Crippen molar-refractivity contribution in [3.05, 3.63) is 65.2 Å². The summed E-state index contributed by atoms with van der Waals surface area (Å²) in [5.74, 6) is 0.0372. The van der Waals surface area contributed by atoms with Crippen molar-refractivity contribution in [2.45, 2.75) is 50.0 Å². The molecule has 0 radical (unpaired) electrons. The monoisotopic (exact) mass is 450 g/mol. The summed E-state index contributed by atoms with van der Waals surface area (Å²) >= 11 is 0. The largest absolute Gasteiger partial charge is 0.497 e. The molecule has 33 heavy (non-hydrogen) atoms. The molecule has 3 saturated heterocycles. The Balaban J connectivity index is 1.37. The van der Waals surface area contributed by atoms with Gasteiger partial charge >= 0.3 is 0 Å². The molecule has 0 aliphatic carbocycles. The van der Waals surface area contributed by atoms with Gasteiger partial charge < -0.3 is 19.5 Å². The average Bonchev–Trinajstić information content (AvgIpc) is 3.40. The normalized spacial score (nSPS) is 28.6. The van der Waals surface area contributed by atoms with Crippen molar-refractivity contribution >= 4 is 5.91 Å². The van der Waals surface area contributed by atoms with Gasteiger partial charge in [-0.3, -0.25) is 9.69 Å². The molecule has 3 aliphatic rings. The van der Waals surface area contributed by atoms with Crippen LogP contribution in [-0.4, -0.2) is 56.8 Å². The third kappa shape index (κ3) is 4.16. The highest BCUT2D eigenvalue weighted by molar-refractivity contribution is 5.81. The second-order valence-electron chi connectivity index (χ2n) is 9.64. The van der Waals surface area contributed by atoms with Crippen LogP contribution in [0.25, 0.3) is 0 Å². The van der Waals surface area contributed by atoms with Crippen LogP contribution in [0.1, 0.15) is 41.9 Å². The highest BCUT2D eigenvalue weighted by atomic mass is 16.7. The topological polar surface area (TPSA) is 60.0 Å². The Morgan fingerprint density at radius 1 is 1.09 bits per heavy atom. The molecule has 0 aromatic heterocycles. The van der Waals surface area contributed by atoms with E-state index in [1.54, 1.807) is 7.11 Å².